The van der Waals surface area contributed by atoms with Gasteiger partial charge in [0.1, 0.15) is 5.52 Å². The number of fused-ring (bicyclic) bond motifs is 3. The largest absolute Gasteiger partial charge is 0.338 e. The Balaban J connectivity index is 1.70. The summed E-state index contributed by atoms with van der Waals surface area (Å²) in [6.45, 7) is 5.52. The Hall–Kier alpha value is -2.68. The minimum Gasteiger partial charge on any atom is -0.338 e. The topological polar surface area (TPSA) is 102 Å². The van der Waals surface area contributed by atoms with Crippen molar-refractivity contribution in [3.8, 4) is 0 Å². The molecule has 148 valence electrons. The Labute approximate surface area is 167 Å². The summed E-state index contributed by atoms with van der Waals surface area (Å²) >= 11 is 1.16. The normalized spacial score (nSPS) is 11.1. The van der Waals surface area contributed by atoms with Gasteiger partial charge in [-0.25, -0.2) is 9.78 Å². The van der Waals surface area contributed by atoms with E-state index < -0.39 is 11.9 Å². The number of para-hydroxylation sites is 1. The number of thioether (sulfide) groups is 1. The van der Waals surface area contributed by atoms with E-state index in [1.165, 1.54) is 0 Å². The average molecular weight is 401 g/mol. The Morgan fingerprint density at radius 3 is 2.75 bits per heavy atom. The number of rotatable bonds is 8. The fourth-order valence-corrected chi connectivity index (χ4v) is 3.50. The molecule has 3 rings (SSSR count). The van der Waals surface area contributed by atoms with E-state index in [9.17, 15) is 9.59 Å². The highest BCUT2D eigenvalue weighted by Gasteiger charge is 2.15. The maximum absolute atomic E-state index is 12.0. The second kappa shape index (κ2) is 9.50. The summed E-state index contributed by atoms with van der Waals surface area (Å²) in [5, 5.41) is 14.9. The number of benzene rings is 1. The van der Waals surface area contributed by atoms with Gasteiger partial charge in [0.15, 0.2) is 5.65 Å². The summed E-state index contributed by atoms with van der Waals surface area (Å²) in [7, 11) is 0. The highest BCUT2D eigenvalue weighted by atomic mass is 32.2. The van der Waals surface area contributed by atoms with Gasteiger partial charge in [0.2, 0.25) is 11.1 Å². The Morgan fingerprint density at radius 2 is 1.96 bits per heavy atom. The Kier molecular flexibility index (Phi) is 6.80. The molecule has 0 aliphatic rings. The van der Waals surface area contributed by atoms with Crippen LogP contribution in [-0.2, 0) is 11.3 Å². The fourth-order valence-electron chi connectivity index (χ4n) is 2.92. The molecular formula is C19H24N6O2S. The van der Waals surface area contributed by atoms with Crippen molar-refractivity contribution in [3.05, 3.63) is 24.3 Å². The van der Waals surface area contributed by atoms with Crippen molar-refractivity contribution in [2.24, 2.45) is 0 Å². The SMILES string of the molecule is CCCCNC(=O)NC(=O)CSc1nnc2c3ccccc3n(CCC)c2n1. The molecular weight excluding hydrogens is 376 g/mol. The second-order valence-corrected chi connectivity index (χ2v) is 7.32. The molecule has 0 saturated heterocycles. The van der Waals surface area contributed by atoms with Gasteiger partial charge in [-0.2, -0.15) is 0 Å². The molecule has 0 aliphatic heterocycles. The molecule has 1 aromatic carbocycles. The summed E-state index contributed by atoms with van der Waals surface area (Å²) in [6, 6.07) is 7.55. The molecule has 2 heterocycles. The molecule has 3 amide bonds. The maximum Gasteiger partial charge on any atom is 0.321 e. The first-order chi connectivity index (χ1) is 13.6. The Bertz CT molecular complexity index is 987. The second-order valence-electron chi connectivity index (χ2n) is 6.38. The number of carbonyl (C=O) groups excluding carboxylic acids is 2. The van der Waals surface area contributed by atoms with Gasteiger partial charge in [0.05, 0.1) is 11.3 Å². The number of hydrogen-bond donors (Lipinski definition) is 2. The third kappa shape index (κ3) is 4.59. The van der Waals surface area contributed by atoms with Gasteiger partial charge in [-0.15, -0.1) is 10.2 Å². The molecule has 0 unspecified atom stereocenters. The molecule has 9 heteroatoms. The number of nitrogens with one attached hydrogen (secondary N) is 2. The first-order valence-corrected chi connectivity index (χ1v) is 10.4. The van der Waals surface area contributed by atoms with E-state index in [0.29, 0.717) is 11.7 Å². The monoisotopic (exact) mass is 400 g/mol. The number of unbranched alkanes of at least 4 members (excludes halogenated alkanes) is 1. The molecule has 2 aromatic heterocycles. The lowest BCUT2D eigenvalue weighted by atomic mass is 10.2. The van der Waals surface area contributed by atoms with Crippen molar-refractivity contribution >= 4 is 45.8 Å². The fraction of sp³-hybridized carbons (Fsp3) is 0.421. The minimum absolute atomic E-state index is 0.0440. The number of aromatic nitrogens is 4. The zero-order chi connectivity index (χ0) is 19.9. The quantitative estimate of drug-likeness (QED) is 0.445. The van der Waals surface area contributed by atoms with Crippen molar-refractivity contribution in [2.45, 2.75) is 44.8 Å². The molecule has 28 heavy (non-hydrogen) atoms. The van der Waals surface area contributed by atoms with Crippen LogP contribution in [-0.4, -0.2) is 44.0 Å². The standard InChI is InChI=1S/C19H24N6O2S/c1-3-5-10-20-18(27)21-15(26)12-28-19-22-17-16(23-24-19)13-8-6-7-9-14(13)25(17)11-4-2/h6-9H,3-5,10-12H2,1-2H3,(H2,20,21,26,27). The van der Waals surface area contributed by atoms with Crippen LogP contribution in [0.4, 0.5) is 4.79 Å². The number of imide groups is 1. The van der Waals surface area contributed by atoms with Crippen LogP contribution in [0.2, 0.25) is 0 Å². The smallest absolute Gasteiger partial charge is 0.321 e. The molecule has 2 N–H and O–H groups in total. The third-order valence-corrected chi connectivity index (χ3v) is 5.04. The Morgan fingerprint density at radius 1 is 1.14 bits per heavy atom. The summed E-state index contributed by atoms with van der Waals surface area (Å²) in [4.78, 5) is 28.2. The number of amides is 3. The molecule has 0 spiro atoms. The number of nitrogens with zero attached hydrogens (tertiary/aromatic N) is 4. The van der Waals surface area contributed by atoms with Crippen molar-refractivity contribution < 1.29 is 9.59 Å². The van der Waals surface area contributed by atoms with Gasteiger partial charge < -0.3 is 9.88 Å². The average Bonchev–Trinajstić information content (AvgIpc) is 3.00. The van der Waals surface area contributed by atoms with Crippen LogP contribution < -0.4 is 10.6 Å². The van der Waals surface area contributed by atoms with Crippen LogP contribution in [0.1, 0.15) is 33.1 Å². The lowest BCUT2D eigenvalue weighted by Gasteiger charge is -2.06. The lowest BCUT2D eigenvalue weighted by molar-refractivity contribution is -0.117. The van der Waals surface area contributed by atoms with Gasteiger partial charge in [-0.3, -0.25) is 10.1 Å². The van der Waals surface area contributed by atoms with E-state index >= 15 is 0 Å². The third-order valence-electron chi connectivity index (χ3n) is 4.20. The molecule has 0 saturated carbocycles. The molecule has 0 fully saturated rings. The summed E-state index contributed by atoms with van der Waals surface area (Å²) in [5.74, 6) is -0.348. The number of carbonyl (C=O) groups is 2. The molecule has 8 nitrogen and oxygen atoms in total. The molecule has 0 aliphatic carbocycles. The van der Waals surface area contributed by atoms with Crippen LogP contribution in [0, 0.1) is 0 Å². The van der Waals surface area contributed by atoms with Gasteiger partial charge in [-0.05, 0) is 18.9 Å². The van der Waals surface area contributed by atoms with Gasteiger partial charge >= 0.3 is 6.03 Å². The van der Waals surface area contributed by atoms with Gasteiger partial charge in [0, 0.05) is 18.5 Å². The zero-order valence-electron chi connectivity index (χ0n) is 16.1. The predicted octanol–water partition coefficient (Wildman–Crippen LogP) is 3.11. The highest BCUT2D eigenvalue weighted by Crippen LogP contribution is 2.27. The lowest BCUT2D eigenvalue weighted by Crippen LogP contribution is -2.40. The van der Waals surface area contributed by atoms with Crippen LogP contribution in [0.3, 0.4) is 0 Å². The van der Waals surface area contributed by atoms with Crippen molar-refractivity contribution in [2.75, 3.05) is 12.3 Å². The van der Waals surface area contributed by atoms with E-state index in [-0.39, 0.29) is 5.75 Å². The van der Waals surface area contributed by atoms with Crippen molar-refractivity contribution in [3.63, 3.8) is 0 Å². The maximum atomic E-state index is 12.0. The van der Waals surface area contributed by atoms with E-state index in [4.69, 9.17) is 0 Å². The molecule has 0 radical (unpaired) electrons. The van der Waals surface area contributed by atoms with Crippen LogP contribution >= 0.6 is 11.8 Å². The van der Waals surface area contributed by atoms with Crippen LogP contribution in [0.15, 0.2) is 29.4 Å². The predicted molar refractivity (Wildman–Crippen MR) is 110 cm³/mol. The molecule has 0 bridgehead atoms. The van der Waals surface area contributed by atoms with E-state index in [1.54, 1.807) is 0 Å². The van der Waals surface area contributed by atoms with E-state index in [0.717, 1.165) is 59.6 Å². The molecule has 0 atom stereocenters. The first kappa shape index (κ1) is 20.1. The van der Waals surface area contributed by atoms with E-state index in [1.807, 2.05) is 31.2 Å². The number of aryl methyl sites for hydroxylation is 1. The zero-order valence-corrected chi connectivity index (χ0v) is 16.9. The number of urea groups is 1. The highest BCUT2D eigenvalue weighted by molar-refractivity contribution is 7.99. The molecule has 3 aromatic rings. The van der Waals surface area contributed by atoms with Crippen molar-refractivity contribution in [1.82, 2.24) is 30.4 Å². The summed E-state index contributed by atoms with van der Waals surface area (Å²) < 4.78 is 2.13. The van der Waals surface area contributed by atoms with Crippen molar-refractivity contribution in [1.29, 1.82) is 0 Å². The van der Waals surface area contributed by atoms with Gasteiger partial charge in [-0.1, -0.05) is 50.2 Å². The van der Waals surface area contributed by atoms with Gasteiger partial charge in [0.25, 0.3) is 0 Å². The van der Waals surface area contributed by atoms with E-state index in [2.05, 4.69) is 37.3 Å². The van der Waals surface area contributed by atoms with Crippen LogP contribution in [0.25, 0.3) is 22.1 Å². The summed E-state index contributed by atoms with van der Waals surface area (Å²) in [6.07, 6.45) is 2.82. The van der Waals surface area contributed by atoms with Crippen LogP contribution in [0.5, 0.6) is 0 Å². The number of hydrogen-bond acceptors (Lipinski definition) is 6. The minimum atomic E-state index is -0.475. The summed E-state index contributed by atoms with van der Waals surface area (Å²) in [5.41, 5.74) is 2.59. The first-order valence-electron chi connectivity index (χ1n) is 9.46.